The SMILES string of the molecule is O=C1CC(c2cccc(Cl)c2)CC2=C1C(c1ccco1)n1c(nc3ccccc31)N2. The van der Waals surface area contributed by atoms with Crippen molar-refractivity contribution >= 4 is 34.4 Å². The summed E-state index contributed by atoms with van der Waals surface area (Å²) >= 11 is 6.20. The molecule has 6 rings (SSSR count). The Hall–Kier alpha value is -3.31. The Labute approximate surface area is 178 Å². The maximum absolute atomic E-state index is 13.5. The number of halogens is 1. The van der Waals surface area contributed by atoms with Crippen LogP contribution >= 0.6 is 11.6 Å². The van der Waals surface area contributed by atoms with E-state index in [0.717, 1.165) is 46.0 Å². The monoisotopic (exact) mass is 415 g/mol. The summed E-state index contributed by atoms with van der Waals surface area (Å²) in [6, 6.07) is 19.2. The minimum atomic E-state index is -0.327. The van der Waals surface area contributed by atoms with E-state index in [2.05, 4.69) is 9.88 Å². The van der Waals surface area contributed by atoms with Gasteiger partial charge < -0.3 is 9.73 Å². The number of para-hydroxylation sites is 2. The largest absolute Gasteiger partial charge is 0.467 e. The van der Waals surface area contributed by atoms with Crippen LogP contribution in [0.15, 0.2) is 82.6 Å². The van der Waals surface area contributed by atoms with Gasteiger partial charge in [-0.05, 0) is 54.3 Å². The van der Waals surface area contributed by atoms with E-state index in [9.17, 15) is 4.79 Å². The molecule has 1 aliphatic carbocycles. The molecular weight excluding hydrogens is 398 g/mol. The summed E-state index contributed by atoms with van der Waals surface area (Å²) in [7, 11) is 0. The lowest BCUT2D eigenvalue weighted by Gasteiger charge is -2.35. The Balaban J connectivity index is 1.51. The number of anilines is 1. The number of imidazole rings is 1. The van der Waals surface area contributed by atoms with Crippen molar-refractivity contribution in [3.8, 4) is 0 Å². The van der Waals surface area contributed by atoms with E-state index in [0.29, 0.717) is 11.4 Å². The fraction of sp³-hybridized carbons (Fsp3) is 0.167. The zero-order valence-corrected chi connectivity index (χ0v) is 16.8. The molecule has 2 aromatic carbocycles. The van der Waals surface area contributed by atoms with Crippen molar-refractivity contribution in [1.29, 1.82) is 0 Å². The van der Waals surface area contributed by atoms with Gasteiger partial charge in [0.05, 0.1) is 17.3 Å². The average Bonchev–Trinajstić information content (AvgIpc) is 3.40. The number of hydrogen-bond donors (Lipinski definition) is 1. The molecule has 0 saturated carbocycles. The Morgan fingerprint density at radius 2 is 1.97 bits per heavy atom. The number of Topliss-reactive ketones (excluding diaryl/α,β-unsaturated/α-hetero) is 1. The van der Waals surface area contributed by atoms with Gasteiger partial charge in [-0.15, -0.1) is 0 Å². The van der Waals surface area contributed by atoms with E-state index >= 15 is 0 Å². The van der Waals surface area contributed by atoms with Crippen molar-refractivity contribution in [2.75, 3.05) is 5.32 Å². The topological polar surface area (TPSA) is 60.1 Å². The molecule has 6 heteroatoms. The first-order valence-corrected chi connectivity index (χ1v) is 10.4. The van der Waals surface area contributed by atoms with E-state index < -0.39 is 0 Å². The third-order valence-electron chi connectivity index (χ3n) is 6.03. The molecule has 3 heterocycles. The van der Waals surface area contributed by atoms with Crippen LogP contribution in [0, 0.1) is 0 Å². The number of benzene rings is 2. The van der Waals surface area contributed by atoms with Gasteiger partial charge in [0.25, 0.3) is 0 Å². The number of furan rings is 1. The van der Waals surface area contributed by atoms with Gasteiger partial charge in [-0.2, -0.15) is 0 Å². The standard InChI is InChI=1S/C24H18ClN3O2/c25-16-6-3-5-14(11-16)15-12-18-22(20(29)13-15)23(21-9-4-10-30-21)28-19-8-2-1-7-17(19)26-24(28)27-18/h1-11,15,23H,12-13H2,(H,26,27). The molecule has 0 bridgehead atoms. The highest BCUT2D eigenvalue weighted by Gasteiger charge is 2.40. The number of rotatable bonds is 2. The van der Waals surface area contributed by atoms with Crippen LogP contribution in [-0.4, -0.2) is 15.3 Å². The minimum Gasteiger partial charge on any atom is -0.467 e. The second kappa shape index (κ2) is 6.61. The maximum atomic E-state index is 13.5. The number of aromatic nitrogens is 2. The zero-order chi connectivity index (χ0) is 20.2. The Morgan fingerprint density at radius 3 is 2.80 bits per heavy atom. The van der Waals surface area contributed by atoms with Gasteiger partial charge in [0.15, 0.2) is 5.78 Å². The summed E-state index contributed by atoms with van der Waals surface area (Å²) in [5, 5.41) is 4.15. The number of hydrogen-bond acceptors (Lipinski definition) is 4. The molecule has 0 amide bonds. The van der Waals surface area contributed by atoms with E-state index in [-0.39, 0.29) is 17.7 Å². The number of allylic oxidation sites excluding steroid dienone is 2. The Bertz CT molecular complexity index is 1320. The summed E-state index contributed by atoms with van der Waals surface area (Å²) in [4.78, 5) is 18.2. The van der Waals surface area contributed by atoms with Crippen LogP contribution in [0.25, 0.3) is 11.0 Å². The van der Waals surface area contributed by atoms with Crippen LogP contribution in [-0.2, 0) is 4.79 Å². The van der Waals surface area contributed by atoms with Crippen LogP contribution in [0.2, 0.25) is 5.02 Å². The summed E-state index contributed by atoms with van der Waals surface area (Å²) in [5.41, 5.74) is 4.62. The number of carbonyl (C=O) groups excluding carboxylic acids is 1. The number of carbonyl (C=O) groups is 1. The molecule has 30 heavy (non-hydrogen) atoms. The summed E-state index contributed by atoms with van der Waals surface area (Å²) < 4.78 is 7.87. The lowest BCUT2D eigenvalue weighted by atomic mass is 9.78. The van der Waals surface area contributed by atoms with Gasteiger partial charge >= 0.3 is 0 Å². The minimum absolute atomic E-state index is 0.0793. The third-order valence-corrected chi connectivity index (χ3v) is 6.27. The first-order chi connectivity index (χ1) is 14.7. The molecular formula is C24H18ClN3O2. The Kier molecular flexibility index (Phi) is 3.86. The second-order valence-corrected chi connectivity index (χ2v) is 8.25. The zero-order valence-electron chi connectivity index (χ0n) is 16.0. The van der Waals surface area contributed by atoms with Gasteiger partial charge in [-0.25, -0.2) is 4.98 Å². The summed E-state index contributed by atoms with van der Waals surface area (Å²) in [6.45, 7) is 0. The molecule has 148 valence electrons. The van der Waals surface area contributed by atoms with E-state index in [1.807, 2.05) is 60.7 Å². The van der Waals surface area contributed by atoms with Crippen molar-refractivity contribution in [2.24, 2.45) is 0 Å². The van der Waals surface area contributed by atoms with Crippen LogP contribution < -0.4 is 5.32 Å². The predicted molar refractivity (Wildman–Crippen MR) is 116 cm³/mol. The summed E-state index contributed by atoms with van der Waals surface area (Å²) in [6.07, 6.45) is 2.82. The highest BCUT2D eigenvalue weighted by Crippen LogP contribution is 2.46. The highest BCUT2D eigenvalue weighted by molar-refractivity contribution is 6.30. The molecule has 5 nitrogen and oxygen atoms in total. The van der Waals surface area contributed by atoms with Crippen molar-refractivity contribution < 1.29 is 9.21 Å². The fourth-order valence-corrected chi connectivity index (χ4v) is 4.94. The first-order valence-electron chi connectivity index (χ1n) is 9.98. The number of fused-ring (bicyclic) bond motifs is 3. The van der Waals surface area contributed by atoms with Gasteiger partial charge in [0.1, 0.15) is 11.8 Å². The van der Waals surface area contributed by atoms with Gasteiger partial charge in [0.2, 0.25) is 5.95 Å². The van der Waals surface area contributed by atoms with Gasteiger partial charge in [-0.3, -0.25) is 9.36 Å². The van der Waals surface area contributed by atoms with Crippen LogP contribution in [0.3, 0.4) is 0 Å². The number of nitrogens with one attached hydrogen (secondary N) is 1. The molecule has 1 aliphatic heterocycles. The van der Waals surface area contributed by atoms with Crippen LogP contribution in [0.1, 0.15) is 36.1 Å². The van der Waals surface area contributed by atoms with Crippen molar-refractivity contribution in [2.45, 2.75) is 24.8 Å². The van der Waals surface area contributed by atoms with Crippen molar-refractivity contribution in [1.82, 2.24) is 9.55 Å². The van der Waals surface area contributed by atoms with E-state index in [1.165, 1.54) is 0 Å². The quantitative estimate of drug-likeness (QED) is 0.456. The number of ketones is 1. The van der Waals surface area contributed by atoms with Gasteiger partial charge in [0, 0.05) is 22.7 Å². The second-order valence-electron chi connectivity index (χ2n) is 7.81. The molecule has 4 aromatic rings. The lowest BCUT2D eigenvalue weighted by molar-refractivity contribution is -0.116. The van der Waals surface area contributed by atoms with Crippen LogP contribution in [0.4, 0.5) is 5.95 Å². The normalized spacial score (nSPS) is 20.8. The lowest BCUT2D eigenvalue weighted by Crippen LogP contribution is -2.32. The molecule has 2 atom stereocenters. The first kappa shape index (κ1) is 17.5. The molecule has 0 radical (unpaired) electrons. The molecule has 0 spiro atoms. The van der Waals surface area contributed by atoms with Crippen LogP contribution in [0.5, 0.6) is 0 Å². The molecule has 2 unspecified atom stereocenters. The molecule has 0 fully saturated rings. The van der Waals surface area contributed by atoms with Gasteiger partial charge in [-0.1, -0.05) is 35.9 Å². The third kappa shape index (κ3) is 2.62. The predicted octanol–water partition coefficient (Wildman–Crippen LogP) is 5.70. The maximum Gasteiger partial charge on any atom is 0.209 e. The molecule has 2 aromatic heterocycles. The number of nitrogens with zero attached hydrogens (tertiary/aromatic N) is 2. The Morgan fingerprint density at radius 1 is 1.07 bits per heavy atom. The average molecular weight is 416 g/mol. The van der Waals surface area contributed by atoms with E-state index in [4.69, 9.17) is 21.0 Å². The summed E-state index contributed by atoms with van der Waals surface area (Å²) in [5.74, 6) is 1.67. The van der Waals surface area contributed by atoms with Crippen molar-refractivity contribution in [3.63, 3.8) is 0 Å². The van der Waals surface area contributed by atoms with Crippen molar-refractivity contribution in [3.05, 3.63) is 94.5 Å². The smallest absolute Gasteiger partial charge is 0.209 e. The molecule has 0 saturated heterocycles. The van der Waals surface area contributed by atoms with E-state index in [1.54, 1.807) is 6.26 Å². The highest BCUT2D eigenvalue weighted by atomic mass is 35.5. The molecule has 1 N–H and O–H groups in total. The molecule has 2 aliphatic rings. The fourth-order valence-electron chi connectivity index (χ4n) is 4.74.